The van der Waals surface area contributed by atoms with Crippen molar-refractivity contribution < 1.29 is 0 Å². The van der Waals surface area contributed by atoms with Crippen LogP contribution in [0.4, 0.5) is 0 Å². The second-order valence-electron chi connectivity index (χ2n) is 3.89. The van der Waals surface area contributed by atoms with E-state index in [-0.39, 0.29) is 6.04 Å². The van der Waals surface area contributed by atoms with Gasteiger partial charge in [-0.05, 0) is 31.7 Å². The first-order valence-corrected chi connectivity index (χ1v) is 5.15. The summed E-state index contributed by atoms with van der Waals surface area (Å²) >= 11 is 0. The summed E-state index contributed by atoms with van der Waals surface area (Å²) in [5, 5.41) is 0. The number of nitrogens with zero attached hydrogens (tertiary/aromatic N) is 2. The lowest BCUT2D eigenvalue weighted by atomic mass is 10.0. The van der Waals surface area contributed by atoms with Gasteiger partial charge >= 0.3 is 0 Å². The van der Waals surface area contributed by atoms with E-state index in [1.165, 1.54) is 0 Å². The van der Waals surface area contributed by atoms with Crippen LogP contribution in [-0.2, 0) is 0 Å². The zero-order chi connectivity index (χ0) is 10.7. The highest BCUT2D eigenvalue weighted by atomic mass is 14.9. The van der Waals surface area contributed by atoms with Gasteiger partial charge in [0.25, 0.3) is 0 Å². The standard InChI is InChI=1S/C11H19N3/c1-5-7(2)10-8(3)6-13-11(14-10)9(4)12/h6-7,9H,5,12H2,1-4H3. The first kappa shape index (κ1) is 11.1. The van der Waals surface area contributed by atoms with Gasteiger partial charge in [-0.1, -0.05) is 13.8 Å². The summed E-state index contributed by atoms with van der Waals surface area (Å²) in [6.07, 6.45) is 2.96. The van der Waals surface area contributed by atoms with E-state index in [0.29, 0.717) is 5.92 Å². The molecule has 0 radical (unpaired) electrons. The zero-order valence-corrected chi connectivity index (χ0v) is 9.41. The van der Waals surface area contributed by atoms with Crippen LogP contribution >= 0.6 is 0 Å². The first-order chi connectivity index (χ1) is 6.56. The van der Waals surface area contributed by atoms with Crippen LogP contribution < -0.4 is 5.73 Å². The SMILES string of the molecule is CCC(C)c1nc(C(C)N)ncc1C. The molecule has 0 amide bonds. The average Bonchev–Trinajstić information content (AvgIpc) is 2.17. The van der Waals surface area contributed by atoms with Crippen molar-refractivity contribution in [3.63, 3.8) is 0 Å². The molecule has 3 nitrogen and oxygen atoms in total. The number of hydrogen-bond donors (Lipinski definition) is 1. The molecule has 0 aliphatic heterocycles. The van der Waals surface area contributed by atoms with Crippen molar-refractivity contribution >= 4 is 0 Å². The predicted molar refractivity (Wildman–Crippen MR) is 58.1 cm³/mol. The summed E-state index contributed by atoms with van der Waals surface area (Å²) in [5.74, 6) is 1.22. The molecule has 0 saturated carbocycles. The van der Waals surface area contributed by atoms with Crippen molar-refractivity contribution in [2.75, 3.05) is 0 Å². The number of nitrogens with two attached hydrogens (primary N) is 1. The highest BCUT2D eigenvalue weighted by Crippen LogP contribution is 2.20. The van der Waals surface area contributed by atoms with E-state index in [1.807, 2.05) is 20.0 Å². The summed E-state index contributed by atoms with van der Waals surface area (Å²) in [7, 11) is 0. The Balaban J connectivity index is 3.08. The Hall–Kier alpha value is -0.960. The summed E-state index contributed by atoms with van der Waals surface area (Å²) in [6.45, 7) is 8.30. The Labute approximate surface area is 85.8 Å². The van der Waals surface area contributed by atoms with Crippen LogP contribution in [0.15, 0.2) is 6.20 Å². The van der Waals surface area contributed by atoms with Crippen LogP contribution in [0.25, 0.3) is 0 Å². The fourth-order valence-electron chi connectivity index (χ4n) is 1.38. The van der Waals surface area contributed by atoms with Gasteiger partial charge in [0, 0.05) is 11.9 Å². The van der Waals surface area contributed by atoms with Crippen LogP contribution in [0.3, 0.4) is 0 Å². The van der Waals surface area contributed by atoms with Crippen molar-refractivity contribution in [2.45, 2.75) is 46.1 Å². The van der Waals surface area contributed by atoms with Gasteiger partial charge in [0.05, 0.1) is 6.04 Å². The molecule has 1 aromatic heterocycles. The first-order valence-electron chi connectivity index (χ1n) is 5.15. The number of aromatic nitrogens is 2. The molecule has 1 heterocycles. The van der Waals surface area contributed by atoms with Crippen molar-refractivity contribution in [3.8, 4) is 0 Å². The second kappa shape index (κ2) is 4.51. The molecule has 2 atom stereocenters. The molecule has 2 unspecified atom stereocenters. The minimum Gasteiger partial charge on any atom is -0.322 e. The normalized spacial score (nSPS) is 15.2. The van der Waals surface area contributed by atoms with Gasteiger partial charge in [-0.2, -0.15) is 0 Å². The number of aryl methyl sites for hydroxylation is 1. The molecular weight excluding hydrogens is 174 g/mol. The highest BCUT2D eigenvalue weighted by molar-refractivity contribution is 5.19. The molecule has 3 heteroatoms. The largest absolute Gasteiger partial charge is 0.322 e. The van der Waals surface area contributed by atoms with Crippen molar-refractivity contribution in [1.82, 2.24) is 9.97 Å². The third-order valence-electron chi connectivity index (χ3n) is 2.52. The quantitative estimate of drug-likeness (QED) is 0.801. The molecule has 1 aromatic rings. The van der Waals surface area contributed by atoms with Crippen LogP contribution in [0.5, 0.6) is 0 Å². The summed E-state index contributed by atoms with van der Waals surface area (Å²) in [5.41, 5.74) is 8.04. The van der Waals surface area contributed by atoms with Gasteiger partial charge in [-0.25, -0.2) is 9.97 Å². The van der Waals surface area contributed by atoms with E-state index in [9.17, 15) is 0 Å². The van der Waals surface area contributed by atoms with E-state index >= 15 is 0 Å². The van der Waals surface area contributed by atoms with Gasteiger partial charge < -0.3 is 5.73 Å². The molecule has 0 fully saturated rings. The van der Waals surface area contributed by atoms with E-state index in [4.69, 9.17) is 5.73 Å². The number of hydrogen-bond acceptors (Lipinski definition) is 3. The van der Waals surface area contributed by atoms with Crippen LogP contribution in [0, 0.1) is 6.92 Å². The molecule has 78 valence electrons. The van der Waals surface area contributed by atoms with Gasteiger partial charge in [0.15, 0.2) is 0 Å². The van der Waals surface area contributed by atoms with E-state index in [0.717, 1.165) is 23.5 Å². The smallest absolute Gasteiger partial charge is 0.144 e. The van der Waals surface area contributed by atoms with Crippen LogP contribution in [0.2, 0.25) is 0 Å². The van der Waals surface area contributed by atoms with Crippen LogP contribution in [-0.4, -0.2) is 9.97 Å². The lowest BCUT2D eigenvalue weighted by Crippen LogP contribution is -2.13. The van der Waals surface area contributed by atoms with E-state index < -0.39 is 0 Å². The molecule has 2 N–H and O–H groups in total. The molecule has 0 aliphatic rings. The third-order valence-corrected chi connectivity index (χ3v) is 2.52. The molecule has 1 rings (SSSR count). The Bertz CT molecular complexity index is 307. The highest BCUT2D eigenvalue weighted by Gasteiger charge is 2.11. The lowest BCUT2D eigenvalue weighted by molar-refractivity contribution is 0.662. The van der Waals surface area contributed by atoms with E-state index in [1.54, 1.807) is 0 Å². The monoisotopic (exact) mass is 193 g/mol. The molecule has 0 spiro atoms. The Morgan fingerprint density at radius 3 is 2.57 bits per heavy atom. The summed E-state index contributed by atoms with van der Waals surface area (Å²) < 4.78 is 0. The van der Waals surface area contributed by atoms with Crippen LogP contribution in [0.1, 0.15) is 56.2 Å². The van der Waals surface area contributed by atoms with Crippen molar-refractivity contribution in [2.24, 2.45) is 5.73 Å². The zero-order valence-electron chi connectivity index (χ0n) is 9.41. The minimum absolute atomic E-state index is 0.0848. The molecule has 0 saturated heterocycles. The Morgan fingerprint density at radius 1 is 1.43 bits per heavy atom. The molecular formula is C11H19N3. The summed E-state index contributed by atoms with van der Waals surface area (Å²) in [6, 6.07) is -0.0848. The maximum Gasteiger partial charge on any atom is 0.144 e. The molecule has 14 heavy (non-hydrogen) atoms. The molecule has 0 aliphatic carbocycles. The lowest BCUT2D eigenvalue weighted by Gasteiger charge is -2.13. The van der Waals surface area contributed by atoms with Gasteiger partial charge in [0.1, 0.15) is 5.82 Å². The van der Waals surface area contributed by atoms with Gasteiger partial charge in [-0.15, -0.1) is 0 Å². The minimum atomic E-state index is -0.0848. The van der Waals surface area contributed by atoms with Crippen molar-refractivity contribution in [3.05, 3.63) is 23.3 Å². The average molecular weight is 193 g/mol. The second-order valence-corrected chi connectivity index (χ2v) is 3.89. The van der Waals surface area contributed by atoms with E-state index in [2.05, 4.69) is 23.8 Å². The molecule has 0 bridgehead atoms. The van der Waals surface area contributed by atoms with Gasteiger partial charge in [0.2, 0.25) is 0 Å². The maximum atomic E-state index is 5.75. The Kier molecular flexibility index (Phi) is 3.58. The maximum absolute atomic E-state index is 5.75. The van der Waals surface area contributed by atoms with Gasteiger partial charge in [-0.3, -0.25) is 0 Å². The number of rotatable bonds is 3. The third kappa shape index (κ3) is 2.29. The predicted octanol–water partition coefficient (Wildman–Crippen LogP) is 2.32. The summed E-state index contributed by atoms with van der Waals surface area (Å²) in [4.78, 5) is 8.73. The molecule has 0 aromatic carbocycles. The fourth-order valence-corrected chi connectivity index (χ4v) is 1.38. The topological polar surface area (TPSA) is 51.8 Å². The van der Waals surface area contributed by atoms with Crippen molar-refractivity contribution in [1.29, 1.82) is 0 Å². The fraction of sp³-hybridized carbons (Fsp3) is 0.636. The Morgan fingerprint density at radius 2 is 2.07 bits per heavy atom.